The number of carboxylic acid groups (broad SMARTS) is 1. The van der Waals surface area contributed by atoms with Crippen LogP contribution in [0.25, 0.3) is 0 Å². The molecule has 0 radical (unpaired) electrons. The lowest BCUT2D eigenvalue weighted by Gasteiger charge is -2.55. The summed E-state index contributed by atoms with van der Waals surface area (Å²) in [6.07, 6.45) is -0.986. The van der Waals surface area contributed by atoms with Crippen molar-refractivity contribution in [3.05, 3.63) is 29.3 Å². The smallest absolute Gasteiger partial charge is 0.258 e. The number of piperazine rings is 1. The van der Waals surface area contributed by atoms with Gasteiger partial charge in [-0.1, -0.05) is 6.07 Å². The first-order valence-corrected chi connectivity index (χ1v) is 9.16. The molecule has 1 heterocycles. The van der Waals surface area contributed by atoms with Crippen LogP contribution in [0.5, 0.6) is 0 Å². The van der Waals surface area contributed by atoms with E-state index < -0.39 is 11.6 Å². The van der Waals surface area contributed by atoms with Crippen LogP contribution < -0.4 is 10.4 Å². The predicted octanol–water partition coefficient (Wildman–Crippen LogP) is 2.12. The minimum absolute atomic E-state index is 0.00997. The van der Waals surface area contributed by atoms with Gasteiger partial charge in [0.1, 0.15) is 6.04 Å². The molecule has 1 aliphatic rings. The number of carbonyl (C=O) groups is 2. The normalized spacial score (nSPS) is 24.3. The van der Waals surface area contributed by atoms with E-state index in [1.54, 1.807) is 0 Å². The molecule has 2 atom stereocenters. The highest BCUT2D eigenvalue weighted by Crippen LogP contribution is 2.32. The van der Waals surface area contributed by atoms with E-state index in [4.69, 9.17) is 0 Å². The highest BCUT2D eigenvalue weighted by molar-refractivity contribution is 5.88. The Morgan fingerprint density at radius 2 is 2.00 bits per heavy atom. The van der Waals surface area contributed by atoms with E-state index in [0.717, 1.165) is 17.8 Å². The van der Waals surface area contributed by atoms with E-state index in [1.165, 1.54) is 12.5 Å². The van der Waals surface area contributed by atoms with E-state index in [2.05, 4.69) is 10.2 Å². The van der Waals surface area contributed by atoms with Crippen molar-refractivity contribution in [2.24, 2.45) is 0 Å². The summed E-state index contributed by atoms with van der Waals surface area (Å²) in [4.78, 5) is 25.5. The molecule has 2 rings (SSSR count). The lowest BCUT2D eigenvalue weighted by molar-refractivity contribution is -0.943. The molecule has 1 fully saturated rings. The third-order valence-corrected chi connectivity index (χ3v) is 5.62. The zero-order valence-corrected chi connectivity index (χ0v) is 16.8. The Morgan fingerprint density at radius 1 is 1.35 bits per heavy atom. The van der Waals surface area contributed by atoms with Gasteiger partial charge < -0.3 is 15.2 Å². The van der Waals surface area contributed by atoms with Gasteiger partial charge in [0.05, 0.1) is 18.6 Å². The van der Waals surface area contributed by atoms with Gasteiger partial charge in [-0.2, -0.15) is 0 Å². The molecule has 0 spiro atoms. The Morgan fingerprint density at radius 3 is 2.46 bits per heavy atom. The van der Waals surface area contributed by atoms with Gasteiger partial charge >= 0.3 is 0 Å². The molecule has 2 amide bonds. The van der Waals surface area contributed by atoms with E-state index in [-0.39, 0.29) is 16.4 Å². The average Bonchev–Trinajstić information content (AvgIpc) is 2.48. The van der Waals surface area contributed by atoms with Crippen LogP contribution in [-0.2, 0) is 11.3 Å². The second-order valence-corrected chi connectivity index (χ2v) is 8.44. The number of benzene rings is 1. The molecule has 1 unspecified atom stereocenters. The fraction of sp³-hybridized carbons (Fsp3) is 0.600. The van der Waals surface area contributed by atoms with Crippen LogP contribution in [0.3, 0.4) is 0 Å². The molecule has 144 valence electrons. The van der Waals surface area contributed by atoms with Gasteiger partial charge in [-0.05, 0) is 57.9 Å². The zero-order chi connectivity index (χ0) is 19.7. The van der Waals surface area contributed by atoms with Crippen molar-refractivity contribution in [2.45, 2.75) is 59.7 Å². The van der Waals surface area contributed by atoms with Gasteiger partial charge in [0.25, 0.3) is 6.09 Å². The summed E-state index contributed by atoms with van der Waals surface area (Å²) in [5.41, 5.74) is 2.70. The molecule has 1 aromatic carbocycles. The van der Waals surface area contributed by atoms with Crippen molar-refractivity contribution in [3.8, 4) is 0 Å². The molecule has 0 saturated carbocycles. The first kappa shape index (κ1) is 20.4. The number of nitrogens with zero attached hydrogens (tertiary/aromatic N) is 2. The lowest BCUT2D eigenvalue weighted by Crippen LogP contribution is -2.76. The van der Waals surface area contributed by atoms with Crippen molar-refractivity contribution >= 4 is 17.7 Å². The topological polar surface area (TPSA) is 72.5 Å². The first-order chi connectivity index (χ1) is 12.0. The van der Waals surface area contributed by atoms with Crippen LogP contribution in [-0.4, -0.2) is 52.6 Å². The summed E-state index contributed by atoms with van der Waals surface area (Å²) >= 11 is 0. The number of aryl methyl sites for hydroxylation is 1. The van der Waals surface area contributed by atoms with Crippen molar-refractivity contribution in [2.75, 3.05) is 25.0 Å². The van der Waals surface area contributed by atoms with Crippen molar-refractivity contribution in [3.63, 3.8) is 0 Å². The number of carbonyl (C=O) groups excluding carboxylic acids is 2. The number of quaternary nitrogens is 1. The molecule has 6 nitrogen and oxygen atoms in total. The molecule has 26 heavy (non-hydrogen) atoms. The standard InChI is InChI=1S/C20H31N3O3/c1-14-11-18(21-16(3)24)8-7-17(14)13-22-9-10-23(19(25)26,15(2)12-22)20(4,5)6/h7-8,11,15H,9-10,12-13H2,1-6H3,(H-,21,24,25,26)/t15-,23?/m0/s1. The number of nitrogens with one attached hydrogen (secondary N) is 1. The molecule has 1 saturated heterocycles. The van der Waals surface area contributed by atoms with E-state index in [0.29, 0.717) is 19.6 Å². The quantitative estimate of drug-likeness (QED) is 0.837. The van der Waals surface area contributed by atoms with Crippen LogP contribution in [0.4, 0.5) is 10.5 Å². The maximum atomic E-state index is 12.0. The largest absolute Gasteiger partial charge is 0.498 e. The van der Waals surface area contributed by atoms with Crippen molar-refractivity contribution < 1.29 is 19.2 Å². The molecule has 1 aromatic rings. The van der Waals surface area contributed by atoms with E-state index in [9.17, 15) is 14.7 Å². The summed E-state index contributed by atoms with van der Waals surface area (Å²) in [6.45, 7) is 14.2. The summed E-state index contributed by atoms with van der Waals surface area (Å²) < 4.78 is -0.00997. The maximum Gasteiger partial charge on any atom is 0.258 e. The Bertz CT molecular complexity index is 696. The highest BCUT2D eigenvalue weighted by Gasteiger charge is 2.49. The molecular formula is C20H31N3O3. The number of anilines is 1. The van der Waals surface area contributed by atoms with Crippen molar-refractivity contribution in [1.29, 1.82) is 0 Å². The van der Waals surface area contributed by atoms with Crippen LogP contribution in [0.1, 0.15) is 45.7 Å². The van der Waals surface area contributed by atoms with Gasteiger partial charge in [-0.15, -0.1) is 0 Å². The Kier molecular flexibility index (Phi) is 5.78. The van der Waals surface area contributed by atoms with Gasteiger partial charge in [0.15, 0.2) is 0 Å². The van der Waals surface area contributed by atoms with Crippen LogP contribution in [0, 0.1) is 6.92 Å². The third-order valence-electron chi connectivity index (χ3n) is 5.62. The molecular weight excluding hydrogens is 330 g/mol. The fourth-order valence-electron chi connectivity index (χ4n) is 4.20. The van der Waals surface area contributed by atoms with Crippen LogP contribution in [0.2, 0.25) is 0 Å². The average molecular weight is 361 g/mol. The SMILES string of the molecule is CC(=O)Nc1ccc(CN2CC[N+](C(=O)[O-])(C(C)(C)C)[C@@H](C)C2)c(C)c1. The van der Waals surface area contributed by atoms with Gasteiger partial charge in [0, 0.05) is 25.7 Å². The molecule has 1 aliphatic heterocycles. The van der Waals surface area contributed by atoms with Crippen LogP contribution >= 0.6 is 0 Å². The zero-order valence-electron chi connectivity index (χ0n) is 16.8. The molecule has 0 bridgehead atoms. The van der Waals surface area contributed by atoms with E-state index >= 15 is 0 Å². The predicted molar refractivity (Wildman–Crippen MR) is 100 cm³/mol. The summed E-state index contributed by atoms with van der Waals surface area (Å²) in [6, 6.07) is 5.87. The van der Waals surface area contributed by atoms with Crippen LogP contribution in [0.15, 0.2) is 18.2 Å². The summed E-state index contributed by atoms with van der Waals surface area (Å²) in [7, 11) is 0. The third kappa shape index (κ3) is 3.91. The number of hydrogen-bond acceptors (Lipinski definition) is 4. The summed E-state index contributed by atoms with van der Waals surface area (Å²) in [5.74, 6) is -0.0828. The molecule has 1 N–H and O–H groups in total. The van der Waals surface area contributed by atoms with Gasteiger partial charge in [0.2, 0.25) is 5.91 Å². The Balaban J connectivity index is 2.12. The first-order valence-electron chi connectivity index (χ1n) is 9.16. The van der Waals surface area contributed by atoms with Crippen molar-refractivity contribution in [1.82, 2.24) is 4.90 Å². The molecule has 0 aromatic heterocycles. The maximum absolute atomic E-state index is 12.0. The monoisotopic (exact) mass is 361 g/mol. The highest BCUT2D eigenvalue weighted by atomic mass is 16.4. The second-order valence-electron chi connectivity index (χ2n) is 8.44. The number of rotatable bonds is 3. The van der Waals surface area contributed by atoms with E-state index in [1.807, 2.05) is 52.8 Å². The number of hydrogen-bond donors (Lipinski definition) is 1. The fourth-order valence-corrected chi connectivity index (χ4v) is 4.20. The molecule has 0 aliphatic carbocycles. The van der Waals surface area contributed by atoms with Gasteiger partial charge in [-0.3, -0.25) is 14.2 Å². The Labute approximate surface area is 156 Å². The summed E-state index contributed by atoms with van der Waals surface area (Å²) in [5, 5.41) is 14.8. The number of amides is 2. The second kappa shape index (κ2) is 7.37. The minimum atomic E-state index is -0.986. The minimum Gasteiger partial charge on any atom is -0.498 e. The Hall–Kier alpha value is -1.92. The molecule has 6 heteroatoms. The van der Waals surface area contributed by atoms with Gasteiger partial charge in [-0.25, -0.2) is 0 Å². The lowest BCUT2D eigenvalue weighted by atomic mass is 9.95.